The smallest absolute Gasteiger partial charge is 0.249 e. The largest absolute Gasteiger partial charge is 0.377 e. The molecule has 1 saturated carbocycles. The Bertz CT molecular complexity index is 690. The van der Waals surface area contributed by atoms with E-state index >= 15 is 0 Å². The van der Waals surface area contributed by atoms with Crippen molar-refractivity contribution in [3.05, 3.63) is 35.7 Å². The van der Waals surface area contributed by atoms with Gasteiger partial charge in [-0.2, -0.15) is 0 Å². The van der Waals surface area contributed by atoms with Crippen LogP contribution in [0.5, 0.6) is 0 Å². The van der Waals surface area contributed by atoms with Crippen molar-refractivity contribution >= 4 is 5.91 Å². The third kappa shape index (κ3) is 3.54. The standard InChI is InChI=1S/C19H26N4O2/c1-2-9-25-13-16-11-22(19(24)15-5-3-4-6-15)12-17-18(16)23(21-20-17)10-14-7-8-14/h2,5,14,16H,1,3-4,6-13H2/t16-/m0/s1. The molecular formula is C19H26N4O2. The SMILES string of the molecule is C=CCOC[C@@H]1CN(C(=O)C2=CCCC2)Cc2nnn(CC3CC3)c21. The van der Waals surface area contributed by atoms with Gasteiger partial charge in [0.2, 0.25) is 5.91 Å². The molecule has 1 atom stereocenters. The first-order chi connectivity index (χ1) is 12.3. The van der Waals surface area contributed by atoms with Gasteiger partial charge < -0.3 is 9.64 Å². The lowest BCUT2D eigenvalue weighted by atomic mass is 9.98. The van der Waals surface area contributed by atoms with E-state index in [1.54, 1.807) is 6.08 Å². The summed E-state index contributed by atoms with van der Waals surface area (Å²) in [6.45, 7) is 6.99. The highest BCUT2D eigenvalue weighted by atomic mass is 16.5. The number of allylic oxidation sites excluding steroid dienone is 1. The molecule has 2 heterocycles. The zero-order valence-electron chi connectivity index (χ0n) is 14.7. The highest BCUT2D eigenvalue weighted by Crippen LogP contribution is 2.34. The Kier molecular flexibility index (Phi) is 4.70. The molecule has 6 heteroatoms. The van der Waals surface area contributed by atoms with Crippen LogP contribution in [0.15, 0.2) is 24.3 Å². The first-order valence-corrected chi connectivity index (χ1v) is 9.35. The van der Waals surface area contributed by atoms with E-state index in [0.29, 0.717) is 26.3 Å². The van der Waals surface area contributed by atoms with Crippen LogP contribution in [-0.4, -0.2) is 45.6 Å². The summed E-state index contributed by atoms with van der Waals surface area (Å²) in [5.74, 6) is 1.03. The van der Waals surface area contributed by atoms with Crippen LogP contribution in [0.2, 0.25) is 0 Å². The lowest BCUT2D eigenvalue weighted by Crippen LogP contribution is -2.41. The highest BCUT2D eigenvalue weighted by molar-refractivity contribution is 5.94. The Morgan fingerprint density at radius 1 is 1.44 bits per heavy atom. The van der Waals surface area contributed by atoms with Gasteiger partial charge in [0.1, 0.15) is 5.69 Å². The maximum absolute atomic E-state index is 12.8. The van der Waals surface area contributed by atoms with Gasteiger partial charge in [-0.15, -0.1) is 11.7 Å². The molecule has 6 nitrogen and oxygen atoms in total. The van der Waals surface area contributed by atoms with E-state index in [2.05, 4.69) is 27.6 Å². The average molecular weight is 342 g/mol. The molecule has 25 heavy (non-hydrogen) atoms. The van der Waals surface area contributed by atoms with Crippen LogP contribution in [0.3, 0.4) is 0 Å². The predicted molar refractivity (Wildman–Crippen MR) is 93.9 cm³/mol. The average Bonchev–Trinajstić information content (AvgIpc) is 3.10. The molecular weight excluding hydrogens is 316 g/mol. The maximum Gasteiger partial charge on any atom is 0.249 e. The fourth-order valence-electron chi connectivity index (χ4n) is 3.84. The minimum Gasteiger partial charge on any atom is -0.377 e. The zero-order valence-corrected chi connectivity index (χ0v) is 14.7. The molecule has 1 aliphatic heterocycles. The second-order valence-electron chi connectivity index (χ2n) is 7.38. The van der Waals surface area contributed by atoms with Crippen LogP contribution in [0.25, 0.3) is 0 Å². The molecule has 134 valence electrons. The van der Waals surface area contributed by atoms with Crippen LogP contribution in [0, 0.1) is 5.92 Å². The van der Waals surface area contributed by atoms with E-state index in [4.69, 9.17) is 4.74 Å². The predicted octanol–water partition coefficient (Wildman–Crippen LogP) is 2.43. The Balaban J connectivity index is 1.55. The van der Waals surface area contributed by atoms with Gasteiger partial charge in [-0.1, -0.05) is 17.4 Å². The molecule has 3 aliphatic rings. The third-order valence-corrected chi connectivity index (χ3v) is 5.30. The fourth-order valence-corrected chi connectivity index (χ4v) is 3.84. The molecule has 0 saturated heterocycles. The van der Waals surface area contributed by atoms with Gasteiger partial charge in [0.15, 0.2) is 0 Å². The maximum atomic E-state index is 12.8. The van der Waals surface area contributed by atoms with Crippen LogP contribution < -0.4 is 0 Å². The van der Waals surface area contributed by atoms with Crippen molar-refractivity contribution in [1.82, 2.24) is 19.9 Å². The molecule has 4 rings (SSSR count). The number of amides is 1. The number of hydrogen-bond acceptors (Lipinski definition) is 4. The number of aromatic nitrogens is 3. The van der Waals surface area contributed by atoms with Crippen molar-refractivity contribution in [1.29, 1.82) is 0 Å². The number of nitrogens with zero attached hydrogens (tertiary/aromatic N) is 4. The minimum absolute atomic E-state index is 0.128. The topological polar surface area (TPSA) is 60.2 Å². The van der Waals surface area contributed by atoms with Gasteiger partial charge in [0.05, 0.1) is 25.5 Å². The summed E-state index contributed by atoms with van der Waals surface area (Å²) in [5, 5.41) is 8.79. The molecule has 0 aromatic carbocycles. The van der Waals surface area contributed by atoms with Gasteiger partial charge in [-0.25, -0.2) is 4.68 Å². The second-order valence-corrected chi connectivity index (χ2v) is 7.38. The van der Waals surface area contributed by atoms with Gasteiger partial charge in [-0.05, 0) is 38.0 Å². The summed E-state index contributed by atoms with van der Waals surface area (Å²) in [7, 11) is 0. The summed E-state index contributed by atoms with van der Waals surface area (Å²) in [4.78, 5) is 14.8. The number of carbonyl (C=O) groups excluding carboxylic acids is 1. The van der Waals surface area contributed by atoms with Gasteiger partial charge >= 0.3 is 0 Å². The molecule has 1 fully saturated rings. The van der Waals surface area contributed by atoms with E-state index in [1.807, 2.05) is 4.90 Å². The van der Waals surface area contributed by atoms with Crippen molar-refractivity contribution in [2.45, 2.75) is 51.1 Å². The number of carbonyl (C=O) groups is 1. The van der Waals surface area contributed by atoms with Crippen molar-refractivity contribution in [3.63, 3.8) is 0 Å². The summed E-state index contributed by atoms with van der Waals surface area (Å²) in [5.41, 5.74) is 3.06. The second kappa shape index (κ2) is 7.12. The molecule has 2 aliphatic carbocycles. The van der Waals surface area contributed by atoms with Gasteiger partial charge in [-0.3, -0.25) is 4.79 Å². The van der Waals surface area contributed by atoms with Crippen LogP contribution in [-0.2, 0) is 22.6 Å². The minimum atomic E-state index is 0.128. The normalized spacial score (nSPS) is 22.6. The first kappa shape index (κ1) is 16.5. The lowest BCUT2D eigenvalue weighted by Gasteiger charge is -2.32. The molecule has 0 radical (unpaired) electrons. The number of fused-ring (bicyclic) bond motifs is 1. The molecule has 0 N–H and O–H groups in total. The summed E-state index contributed by atoms with van der Waals surface area (Å²) in [6, 6.07) is 0. The summed E-state index contributed by atoms with van der Waals surface area (Å²) in [6.07, 6.45) is 9.41. The Labute approximate surface area is 148 Å². The Hall–Kier alpha value is -1.95. The van der Waals surface area contributed by atoms with Gasteiger partial charge in [0.25, 0.3) is 0 Å². The quantitative estimate of drug-likeness (QED) is 0.564. The van der Waals surface area contributed by atoms with E-state index in [-0.39, 0.29) is 11.8 Å². The summed E-state index contributed by atoms with van der Waals surface area (Å²) >= 11 is 0. The van der Waals surface area contributed by atoms with Crippen LogP contribution in [0.1, 0.15) is 49.4 Å². The van der Waals surface area contributed by atoms with Crippen molar-refractivity contribution < 1.29 is 9.53 Å². The van der Waals surface area contributed by atoms with Gasteiger partial charge in [0, 0.05) is 24.6 Å². The van der Waals surface area contributed by atoms with Crippen LogP contribution >= 0.6 is 0 Å². The Morgan fingerprint density at radius 2 is 2.32 bits per heavy atom. The van der Waals surface area contributed by atoms with Crippen molar-refractivity contribution in [3.8, 4) is 0 Å². The molecule has 1 aromatic heterocycles. The highest BCUT2D eigenvalue weighted by Gasteiger charge is 2.35. The lowest BCUT2D eigenvalue weighted by molar-refractivity contribution is -0.128. The number of hydrogen-bond donors (Lipinski definition) is 0. The molecule has 1 amide bonds. The molecule has 0 unspecified atom stereocenters. The third-order valence-electron chi connectivity index (χ3n) is 5.30. The molecule has 0 bridgehead atoms. The van der Waals surface area contributed by atoms with E-state index in [9.17, 15) is 4.79 Å². The van der Waals surface area contributed by atoms with E-state index in [1.165, 1.54) is 18.5 Å². The van der Waals surface area contributed by atoms with Crippen molar-refractivity contribution in [2.75, 3.05) is 19.8 Å². The number of rotatable bonds is 7. The summed E-state index contributed by atoms with van der Waals surface area (Å²) < 4.78 is 7.80. The van der Waals surface area contributed by atoms with Crippen molar-refractivity contribution in [2.24, 2.45) is 5.92 Å². The molecule has 0 spiro atoms. The van der Waals surface area contributed by atoms with Crippen LogP contribution in [0.4, 0.5) is 0 Å². The number of ether oxygens (including phenoxy) is 1. The Morgan fingerprint density at radius 3 is 3.04 bits per heavy atom. The molecule has 1 aromatic rings. The van der Waals surface area contributed by atoms with E-state index < -0.39 is 0 Å². The monoisotopic (exact) mass is 342 g/mol. The fraction of sp³-hybridized carbons (Fsp3) is 0.632. The zero-order chi connectivity index (χ0) is 17.2. The first-order valence-electron chi connectivity index (χ1n) is 9.35. The van der Waals surface area contributed by atoms with E-state index in [0.717, 1.165) is 43.0 Å².